The third-order valence-corrected chi connectivity index (χ3v) is 8.82. The normalized spacial score (nSPS) is 12.5. The fourth-order valence-electron chi connectivity index (χ4n) is 4.16. The lowest BCUT2D eigenvalue weighted by Gasteiger charge is -2.25. The minimum absolute atomic E-state index is 0.0846. The Morgan fingerprint density at radius 1 is 0.465 bits per heavy atom. The standard InChI is InChI=1S/C32H50O8S3/c1-11-33-21(9)41-25-19-23(35-13-3)31(29(39-17-7)27(25)37-15-5)43-32-24(36-14-4)20-26(42-22(10)34-12-2)28(38-16-6)30(32)40-18-8/h19-22H,11-18H2,1-10H3. The Kier molecular flexibility index (Phi) is 17.6. The van der Waals surface area contributed by atoms with Crippen molar-refractivity contribution in [2.75, 3.05) is 52.9 Å². The lowest BCUT2D eigenvalue weighted by Crippen LogP contribution is -2.08. The maximum absolute atomic E-state index is 6.33. The van der Waals surface area contributed by atoms with Gasteiger partial charge in [0.05, 0.1) is 49.4 Å². The van der Waals surface area contributed by atoms with Crippen molar-refractivity contribution in [1.82, 2.24) is 0 Å². The van der Waals surface area contributed by atoms with Crippen LogP contribution in [0.4, 0.5) is 0 Å². The molecule has 244 valence electrons. The van der Waals surface area contributed by atoms with Crippen LogP contribution in [0.25, 0.3) is 0 Å². The Morgan fingerprint density at radius 2 is 0.791 bits per heavy atom. The van der Waals surface area contributed by atoms with Crippen molar-refractivity contribution >= 4 is 35.3 Å². The fraction of sp³-hybridized carbons (Fsp3) is 0.625. The van der Waals surface area contributed by atoms with Crippen LogP contribution in [-0.4, -0.2) is 63.7 Å². The molecule has 0 saturated heterocycles. The van der Waals surface area contributed by atoms with Gasteiger partial charge in [0.25, 0.3) is 0 Å². The summed E-state index contributed by atoms with van der Waals surface area (Å²) in [6.07, 6.45) is 0. The summed E-state index contributed by atoms with van der Waals surface area (Å²) in [5, 5.41) is 0. The van der Waals surface area contributed by atoms with Crippen molar-refractivity contribution in [3.05, 3.63) is 12.1 Å². The molecule has 0 fully saturated rings. The second-order valence-corrected chi connectivity index (χ2v) is 12.4. The van der Waals surface area contributed by atoms with E-state index < -0.39 is 0 Å². The van der Waals surface area contributed by atoms with Crippen LogP contribution in [0, 0.1) is 0 Å². The largest absolute Gasteiger partial charge is 0.493 e. The molecule has 0 amide bonds. The van der Waals surface area contributed by atoms with Crippen LogP contribution in [-0.2, 0) is 9.47 Å². The van der Waals surface area contributed by atoms with Gasteiger partial charge in [-0.3, -0.25) is 0 Å². The molecular weight excluding hydrogens is 609 g/mol. The summed E-state index contributed by atoms with van der Waals surface area (Å²) in [4.78, 5) is 3.32. The lowest BCUT2D eigenvalue weighted by molar-refractivity contribution is 0.137. The van der Waals surface area contributed by atoms with Crippen LogP contribution >= 0.6 is 35.3 Å². The van der Waals surface area contributed by atoms with E-state index in [1.807, 2.05) is 81.4 Å². The van der Waals surface area contributed by atoms with Crippen molar-refractivity contribution < 1.29 is 37.9 Å². The van der Waals surface area contributed by atoms with Gasteiger partial charge in [0.15, 0.2) is 23.0 Å². The molecule has 0 radical (unpaired) electrons. The zero-order valence-electron chi connectivity index (χ0n) is 27.5. The van der Waals surface area contributed by atoms with E-state index in [2.05, 4.69) is 0 Å². The van der Waals surface area contributed by atoms with Crippen molar-refractivity contribution in [2.24, 2.45) is 0 Å². The first kappa shape index (κ1) is 37.4. The predicted molar refractivity (Wildman–Crippen MR) is 178 cm³/mol. The molecule has 0 saturated carbocycles. The number of thioether (sulfide) groups is 2. The van der Waals surface area contributed by atoms with Gasteiger partial charge in [-0.25, -0.2) is 0 Å². The molecule has 2 atom stereocenters. The molecule has 0 heterocycles. The number of hydrogen-bond donors (Lipinski definition) is 0. The third-order valence-electron chi connectivity index (χ3n) is 5.59. The van der Waals surface area contributed by atoms with Crippen LogP contribution in [0.5, 0.6) is 34.5 Å². The summed E-state index contributed by atoms with van der Waals surface area (Å²) in [6, 6.07) is 4.02. The van der Waals surface area contributed by atoms with Crippen LogP contribution in [0.2, 0.25) is 0 Å². The monoisotopic (exact) mass is 658 g/mol. The lowest BCUT2D eigenvalue weighted by atomic mass is 10.2. The van der Waals surface area contributed by atoms with Gasteiger partial charge in [-0.05, 0) is 81.4 Å². The molecule has 0 bridgehead atoms. The molecule has 43 heavy (non-hydrogen) atoms. The van der Waals surface area contributed by atoms with E-state index in [1.54, 1.807) is 23.5 Å². The predicted octanol–water partition coefficient (Wildman–Crippen LogP) is 9.18. The molecule has 0 spiro atoms. The van der Waals surface area contributed by atoms with E-state index in [0.717, 1.165) is 19.6 Å². The Morgan fingerprint density at radius 3 is 1.09 bits per heavy atom. The summed E-state index contributed by atoms with van der Waals surface area (Å²) in [5.74, 6) is 3.89. The zero-order valence-corrected chi connectivity index (χ0v) is 29.9. The highest BCUT2D eigenvalue weighted by molar-refractivity contribution is 8.00. The highest BCUT2D eigenvalue weighted by Crippen LogP contribution is 2.58. The summed E-state index contributed by atoms with van der Waals surface area (Å²) >= 11 is 4.61. The molecule has 0 N–H and O–H groups in total. The quantitative estimate of drug-likeness (QED) is 0.0898. The van der Waals surface area contributed by atoms with Crippen molar-refractivity contribution in [3.8, 4) is 34.5 Å². The second kappa shape index (κ2) is 20.3. The van der Waals surface area contributed by atoms with Gasteiger partial charge in [0.2, 0.25) is 0 Å². The number of ether oxygens (including phenoxy) is 8. The SMILES string of the molecule is CCOc1cc(SC(C)OCC)c(OCC)c(OCC)c1Sc1c(OCC)cc(SC(C)OCC)c(OCC)c1OCC. The summed E-state index contributed by atoms with van der Waals surface area (Å²) in [6.45, 7) is 23.8. The average molecular weight is 659 g/mol. The molecule has 0 aliphatic heterocycles. The zero-order chi connectivity index (χ0) is 31.8. The first-order valence-corrected chi connectivity index (χ1v) is 17.8. The molecule has 2 rings (SSSR count). The van der Waals surface area contributed by atoms with Gasteiger partial charge in [-0.15, -0.1) is 0 Å². The van der Waals surface area contributed by atoms with E-state index in [0.29, 0.717) is 87.4 Å². The highest BCUT2D eigenvalue weighted by Gasteiger charge is 2.30. The van der Waals surface area contributed by atoms with Gasteiger partial charge in [0, 0.05) is 13.2 Å². The maximum atomic E-state index is 6.33. The number of rotatable bonds is 22. The van der Waals surface area contributed by atoms with Crippen LogP contribution in [0.3, 0.4) is 0 Å². The van der Waals surface area contributed by atoms with Crippen molar-refractivity contribution in [3.63, 3.8) is 0 Å². The van der Waals surface area contributed by atoms with Crippen molar-refractivity contribution in [2.45, 2.75) is 99.7 Å². The molecule has 0 aliphatic rings. The van der Waals surface area contributed by atoms with E-state index in [-0.39, 0.29) is 10.9 Å². The van der Waals surface area contributed by atoms with Gasteiger partial charge >= 0.3 is 0 Å². The first-order chi connectivity index (χ1) is 20.8. The smallest absolute Gasteiger partial charge is 0.180 e. The van der Waals surface area contributed by atoms with E-state index in [4.69, 9.17) is 37.9 Å². The van der Waals surface area contributed by atoms with Gasteiger partial charge < -0.3 is 37.9 Å². The average Bonchev–Trinajstić information content (AvgIpc) is 2.96. The molecule has 11 heteroatoms. The van der Waals surface area contributed by atoms with Gasteiger partial charge in [-0.1, -0.05) is 35.3 Å². The maximum Gasteiger partial charge on any atom is 0.180 e. The minimum atomic E-state index is -0.0846. The van der Waals surface area contributed by atoms with E-state index in [9.17, 15) is 0 Å². The van der Waals surface area contributed by atoms with Crippen LogP contribution in [0.1, 0.15) is 69.2 Å². The Hall–Kier alpha value is -1.79. The Balaban J connectivity index is 2.90. The van der Waals surface area contributed by atoms with Gasteiger partial charge in [-0.2, -0.15) is 0 Å². The topological polar surface area (TPSA) is 73.8 Å². The molecule has 0 aromatic heterocycles. The molecule has 2 unspecified atom stereocenters. The summed E-state index contributed by atoms with van der Waals surface area (Å²) in [7, 11) is 0. The Bertz CT molecular complexity index is 1030. The van der Waals surface area contributed by atoms with Gasteiger partial charge in [0.1, 0.15) is 32.2 Å². The highest BCUT2D eigenvalue weighted by atomic mass is 32.2. The molecular formula is C32H50O8S3. The van der Waals surface area contributed by atoms with E-state index in [1.165, 1.54) is 11.8 Å². The first-order valence-electron chi connectivity index (χ1n) is 15.3. The number of hydrogen-bond acceptors (Lipinski definition) is 11. The molecule has 8 nitrogen and oxygen atoms in total. The Labute approximate surface area is 271 Å². The summed E-state index contributed by atoms with van der Waals surface area (Å²) in [5.41, 5.74) is -0.169. The van der Waals surface area contributed by atoms with Crippen LogP contribution < -0.4 is 28.4 Å². The van der Waals surface area contributed by atoms with Crippen molar-refractivity contribution in [1.29, 1.82) is 0 Å². The second-order valence-electron chi connectivity index (χ2n) is 8.70. The summed E-state index contributed by atoms with van der Waals surface area (Å²) < 4.78 is 49.3. The number of benzene rings is 2. The fourth-order valence-corrected chi connectivity index (χ4v) is 7.28. The molecule has 2 aromatic rings. The van der Waals surface area contributed by atoms with E-state index >= 15 is 0 Å². The minimum Gasteiger partial charge on any atom is -0.493 e. The molecule has 0 aliphatic carbocycles. The molecule has 2 aromatic carbocycles. The third kappa shape index (κ3) is 10.7. The van der Waals surface area contributed by atoms with Crippen LogP contribution in [0.15, 0.2) is 31.7 Å².